The van der Waals surface area contributed by atoms with Crippen LogP contribution >= 0.6 is 22.6 Å². The van der Waals surface area contributed by atoms with Gasteiger partial charge in [-0.05, 0) is 77.2 Å². The number of furan rings is 1. The Morgan fingerprint density at radius 3 is 2.74 bits per heavy atom. The lowest BCUT2D eigenvalue weighted by Crippen LogP contribution is -2.22. The minimum absolute atomic E-state index is 0.0853. The van der Waals surface area contributed by atoms with E-state index in [4.69, 9.17) is 9.15 Å². The van der Waals surface area contributed by atoms with Gasteiger partial charge in [-0.25, -0.2) is 0 Å². The Kier molecular flexibility index (Phi) is 5.15. The normalized spacial score (nSPS) is 12.8. The van der Waals surface area contributed by atoms with Gasteiger partial charge in [0.15, 0.2) is 6.61 Å². The first-order chi connectivity index (χ1) is 13.1. The summed E-state index contributed by atoms with van der Waals surface area (Å²) in [7, 11) is 0. The predicted octanol–water partition coefficient (Wildman–Crippen LogP) is 4.25. The van der Waals surface area contributed by atoms with Crippen molar-refractivity contribution >= 4 is 51.1 Å². The van der Waals surface area contributed by atoms with Gasteiger partial charge in [-0.2, -0.15) is 0 Å². The molecule has 1 heterocycles. The van der Waals surface area contributed by atoms with Gasteiger partial charge < -0.3 is 14.5 Å². The minimum atomic E-state index is -0.448. The molecular weight excluding hydrogens is 457 g/mol. The average Bonchev–Trinajstić information content (AvgIpc) is 3.27. The second kappa shape index (κ2) is 7.72. The van der Waals surface area contributed by atoms with Gasteiger partial charge in [-0.3, -0.25) is 9.59 Å². The van der Waals surface area contributed by atoms with E-state index in [0.717, 1.165) is 39.4 Å². The van der Waals surface area contributed by atoms with E-state index < -0.39 is 5.97 Å². The van der Waals surface area contributed by atoms with Crippen LogP contribution in [0.25, 0.3) is 11.0 Å². The number of ether oxygens (including phenoxy) is 1. The van der Waals surface area contributed by atoms with Crippen molar-refractivity contribution in [3.8, 4) is 0 Å². The third-order valence-corrected chi connectivity index (χ3v) is 5.66. The van der Waals surface area contributed by atoms with Crippen LogP contribution in [0.15, 0.2) is 47.1 Å². The molecule has 0 bridgehead atoms. The van der Waals surface area contributed by atoms with Crippen molar-refractivity contribution in [1.82, 2.24) is 0 Å². The number of hydrogen-bond acceptors (Lipinski definition) is 4. The number of hydrogen-bond donors (Lipinski definition) is 1. The highest BCUT2D eigenvalue weighted by Crippen LogP contribution is 2.30. The molecule has 6 heteroatoms. The van der Waals surface area contributed by atoms with Crippen LogP contribution in [-0.2, 0) is 33.6 Å². The number of aryl methyl sites for hydroxylation is 2. The fourth-order valence-corrected chi connectivity index (χ4v) is 3.91. The van der Waals surface area contributed by atoms with E-state index in [1.807, 2.05) is 18.2 Å². The molecule has 5 nitrogen and oxygen atoms in total. The lowest BCUT2D eigenvalue weighted by molar-refractivity contribution is -0.146. The van der Waals surface area contributed by atoms with Gasteiger partial charge in [0, 0.05) is 14.5 Å². The summed E-state index contributed by atoms with van der Waals surface area (Å²) in [4.78, 5) is 24.2. The summed E-state index contributed by atoms with van der Waals surface area (Å²) >= 11 is 2.14. The van der Waals surface area contributed by atoms with Crippen LogP contribution in [0.1, 0.15) is 23.1 Å². The Morgan fingerprint density at radius 2 is 1.93 bits per heavy atom. The first-order valence-electron chi connectivity index (χ1n) is 8.82. The maximum atomic E-state index is 12.2. The Balaban J connectivity index is 1.36. The smallest absolute Gasteiger partial charge is 0.310 e. The van der Waals surface area contributed by atoms with Gasteiger partial charge in [0.1, 0.15) is 5.58 Å². The van der Waals surface area contributed by atoms with Gasteiger partial charge in [0.05, 0.1) is 18.4 Å². The van der Waals surface area contributed by atoms with E-state index in [2.05, 4.69) is 40.0 Å². The molecule has 1 N–H and O–H groups in total. The highest BCUT2D eigenvalue weighted by Gasteiger charge is 2.17. The maximum Gasteiger partial charge on any atom is 0.310 e. The maximum absolute atomic E-state index is 12.2. The van der Waals surface area contributed by atoms with Crippen LogP contribution in [0.5, 0.6) is 0 Å². The molecular formula is C21H18INO4. The summed E-state index contributed by atoms with van der Waals surface area (Å²) in [5, 5.41) is 3.69. The first-order valence-corrected chi connectivity index (χ1v) is 9.90. The highest BCUT2D eigenvalue weighted by atomic mass is 127. The number of para-hydroxylation sites is 1. The number of halogens is 1. The second-order valence-corrected chi connectivity index (χ2v) is 7.76. The molecule has 0 fully saturated rings. The SMILES string of the molecule is O=C(COC(=O)Cc1coc2cc3c(cc12)CCC3)Nc1ccccc1I. The number of rotatable bonds is 5. The highest BCUT2D eigenvalue weighted by molar-refractivity contribution is 14.1. The van der Waals surface area contributed by atoms with Gasteiger partial charge in [-0.1, -0.05) is 12.1 Å². The Hall–Kier alpha value is -2.35. The molecule has 3 aromatic rings. The molecule has 1 aliphatic carbocycles. The third-order valence-electron chi connectivity index (χ3n) is 4.72. The van der Waals surface area contributed by atoms with Crippen molar-refractivity contribution in [3.05, 3.63) is 62.9 Å². The van der Waals surface area contributed by atoms with Gasteiger partial charge >= 0.3 is 5.97 Å². The topological polar surface area (TPSA) is 68.5 Å². The molecule has 2 aromatic carbocycles. The Labute approximate surface area is 170 Å². The van der Waals surface area contributed by atoms with Gasteiger partial charge in [-0.15, -0.1) is 0 Å². The average molecular weight is 475 g/mol. The predicted molar refractivity (Wildman–Crippen MR) is 111 cm³/mol. The second-order valence-electron chi connectivity index (χ2n) is 6.60. The van der Waals surface area contributed by atoms with E-state index >= 15 is 0 Å². The molecule has 0 saturated heterocycles. The van der Waals surface area contributed by atoms with Crippen LogP contribution in [0.3, 0.4) is 0 Å². The molecule has 1 aliphatic rings. The first kappa shape index (κ1) is 18.0. The zero-order valence-corrected chi connectivity index (χ0v) is 16.7. The molecule has 138 valence electrons. The molecule has 27 heavy (non-hydrogen) atoms. The lowest BCUT2D eigenvalue weighted by Gasteiger charge is -2.08. The molecule has 0 aliphatic heterocycles. The number of nitrogens with one attached hydrogen (secondary N) is 1. The summed E-state index contributed by atoms with van der Waals surface area (Å²) in [6.07, 6.45) is 5.00. The monoisotopic (exact) mass is 475 g/mol. The minimum Gasteiger partial charge on any atom is -0.464 e. The van der Waals surface area contributed by atoms with E-state index in [9.17, 15) is 9.59 Å². The van der Waals surface area contributed by atoms with Crippen molar-refractivity contribution < 1.29 is 18.7 Å². The fourth-order valence-electron chi connectivity index (χ4n) is 3.39. The van der Waals surface area contributed by atoms with E-state index in [0.29, 0.717) is 5.69 Å². The molecule has 4 rings (SSSR count). The largest absolute Gasteiger partial charge is 0.464 e. The molecule has 0 saturated carbocycles. The van der Waals surface area contributed by atoms with Crippen LogP contribution in [0.2, 0.25) is 0 Å². The van der Waals surface area contributed by atoms with Crippen LogP contribution in [0, 0.1) is 3.57 Å². The summed E-state index contributed by atoms with van der Waals surface area (Å²) in [6.45, 7) is -0.311. The van der Waals surface area contributed by atoms with Gasteiger partial charge in [0.2, 0.25) is 0 Å². The van der Waals surface area contributed by atoms with Crippen LogP contribution < -0.4 is 5.32 Å². The molecule has 1 aromatic heterocycles. The number of anilines is 1. The number of carbonyl (C=O) groups is 2. The molecule has 0 atom stereocenters. The quantitative estimate of drug-likeness (QED) is 0.443. The summed E-state index contributed by atoms with van der Waals surface area (Å²) in [5.41, 5.74) is 4.96. The summed E-state index contributed by atoms with van der Waals surface area (Å²) in [6, 6.07) is 11.6. The number of fused-ring (bicyclic) bond motifs is 2. The summed E-state index contributed by atoms with van der Waals surface area (Å²) < 4.78 is 11.7. The molecule has 0 spiro atoms. The standard InChI is InChI=1S/C21H18INO4/c22-17-6-1-2-7-18(17)23-20(24)12-27-21(25)10-15-11-26-19-9-14-5-3-4-13(14)8-16(15)19/h1-2,6-9,11H,3-5,10,12H2,(H,23,24). The van der Waals surface area contributed by atoms with E-state index in [-0.39, 0.29) is 18.9 Å². The molecule has 1 amide bonds. The zero-order chi connectivity index (χ0) is 18.8. The number of esters is 1. The number of amides is 1. The Bertz CT molecular complexity index is 1020. The number of benzene rings is 2. The van der Waals surface area contributed by atoms with Crippen LogP contribution in [0.4, 0.5) is 5.69 Å². The van der Waals surface area contributed by atoms with E-state index in [1.165, 1.54) is 11.1 Å². The van der Waals surface area contributed by atoms with Crippen molar-refractivity contribution in [2.45, 2.75) is 25.7 Å². The Morgan fingerprint density at radius 1 is 1.15 bits per heavy atom. The summed E-state index contributed by atoms with van der Waals surface area (Å²) in [5.74, 6) is -0.807. The van der Waals surface area contributed by atoms with Crippen molar-refractivity contribution in [2.75, 3.05) is 11.9 Å². The van der Waals surface area contributed by atoms with Gasteiger partial charge in [0.25, 0.3) is 5.91 Å². The van der Waals surface area contributed by atoms with Crippen LogP contribution in [-0.4, -0.2) is 18.5 Å². The van der Waals surface area contributed by atoms with Crippen molar-refractivity contribution in [3.63, 3.8) is 0 Å². The van der Waals surface area contributed by atoms with Crippen molar-refractivity contribution in [1.29, 1.82) is 0 Å². The van der Waals surface area contributed by atoms with E-state index in [1.54, 1.807) is 12.3 Å². The molecule has 0 radical (unpaired) electrons. The van der Waals surface area contributed by atoms with Crippen molar-refractivity contribution in [2.24, 2.45) is 0 Å². The zero-order valence-electron chi connectivity index (χ0n) is 14.6. The number of carbonyl (C=O) groups excluding carboxylic acids is 2. The fraction of sp³-hybridized carbons (Fsp3) is 0.238. The molecule has 0 unspecified atom stereocenters. The lowest BCUT2D eigenvalue weighted by atomic mass is 10.0. The third kappa shape index (κ3) is 4.00.